The second-order valence-electron chi connectivity index (χ2n) is 3.11. The molecule has 3 unspecified atom stereocenters. The maximum absolute atomic E-state index is 6.16. The molecule has 2 rings (SSSR count). The van der Waals surface area contributed by atoms with Crippen molar-refractivity contribution in [1.29, 1.82) is 0 Å². The van der Waals surface area contributed by atoms with Gasteiger partial charge in [-0.25, -0.2) is 4.36 Å². The van der Waals surface area contributed by atoms with Crippen LogP contribution >= 0.6 is 57.2 Å². The largest absolute Gasteiger partial charge is 0.216 e. The molecule has 0 saturated carbocycles. The van der Waals surface area contributed by atoms with Crippen LogP contribution in [0.4, 0.5) is 5.69 Å². The fraction of sp³-hybridized carbons (Fsp3) is 0.333. The topological polar surface area (TPSA) is 12.4 Å². The van der Waals surface area contributed by atoms with Crippen LogP contribution in [0.1, 0.15) is 0 Å². The van der Waals surface area contributed by atoms with Crippen molar-refractivity contribution in [2.24, 2.45) is 4.36 Å². The molecule has 1 heterocycles. The number of rotatable bonds is 1. The molecule has 1 aliphatic heterocycles. The molecule has 0 radical (unpaired) electrons. The minimum Gasteiger partial charge on any atom is -0.216 e. The van der Waals surface area contributed by atoms with Gasteiger partial charge in [0.05, 0.1) is 5.69 Å². The summed E-state index contributed by atoms with van der Waals surface area (Å²) in [5.74, 6) is 0. The maximum atomic E-state index is 6.16. The van der Waals surface area contributed by atoms with Crippen molar-refractivity contribution in [3.63, 3.8) is 0 Å². The van der Waals surface area contributed by atoms with Crippen LogP contribution in [0, 0.1) is 0 Å². The lowest BCUT2D eigenvalue weighted by Gasteiger charge is -2.16. The Bertz CT molecular complexity index is 409. The van der Waals surface area contributed by atoms with Crippen LogP contribution in [0.2, 0.25) is 0 Å². The highest BCUT2D eigenvalue weighted by Gasteiger charge is 2.51. The number of benzene rings is 1. The van der Waals surface area contributed by atoms with Crippen molar-refractivity contribution in [1.82, 2.24) is 0 Å². The molecule has 1 saturated heterocycles. The van der Waals surface area contributed by atoms with Gasteiger partial charge < -0.3 is 0 Å². The van der Waals surface area contributed by atoms with Gasteiger partial charge in [-0.3, -0.25) is 0 Å². The minimum absolute atomic E-state index is 0.436. The van der Waals surface area contributed by atoms with E-state index in [1.165, 1.54) is 10.8 Å². The zero-order chi connectivity index (χ0) is 11.8. The van der Waals surface area contributed by atoms with E-state index in [-0.39, 0.29) is 0 Å². The van der Waals surface area contributed by atoms with Crippen molar-refractivity contribution < 1.29 is 0 Å². The Hall–Kier alpha value is 0.880. The molecular weight excluding hydrogens is 328 g/mol. The van der Waals surface area contributed by atoms with Gasteiger partial charge in [-0.2, -0.15) is 0 Å². The van der Waals surface area contributed by atoms with Gasteiger partial charge in [0.25, 0.3) is 0 Å². The lowest BCUT2D eigenvalue weighted by atomic mass is 10.3. The summed E-state index contributed by atoms with van der Waals surface area (Å²) in [7, 11) is 0.895. The fourth-order valence-corrected chi connectivity index (χ4v) is 7.74. The number of alkyl halides is 4. The van der Waals surface area contributed by atoms with Crippen LogP contribution in [0.5, 0.6) is 0 Å². The lowest BCUT2D eigenvalue weighted by Crippen LogP contribution is -2.28. The molecular formula is C9H7Cl4NS2. The predicted molar refractivity (Wildman–Crippen MR) is 77.2 cm³/mol. The third kappa shape index (κ3) is 2.65. The Morgan fingerprint density at radius 2 is 1.81 bits per heavy atom. The predicted octanol–water partition coefficient (Wildman–Crippen LogP) is 5.09. The fourth-order valence-electron chi connectivity index (χ4n) is 1.10. The SMILES string of the molecule is ClC1SS(=Nc2ccccc2)C(Cl)C1(Cl)Cl. The molecule has 0 bridgehead atoms. The second kappa shape index (κ2) is 5.25. The third-order valence-corrected chi connectivity index (χ3v) is 9.67. The van der Waals surface area contributed by atoms with Gasteiger partial charge in [0.2, 0.25) is 0 Å². The van der Waals surface area contributed by atoms with E-state index < -0.39 is 23.5 Å². The quantitative estimate of drug-likeness (QED) is 0.515. The highest BCUT2D eigenvalue weighted by molar-refractivity contribution is 8.71. The molecule has 1 aromatic rings. The molecule has 7 heteroatoms. The van der Waals surface area contributed by atoms with E-state index in [0.717, 1.165) is 5.69 Å². The zero-order valence-corrected chi connectivity index (χ0v) is 12.5. The van der Waals surface area contributed by atoms with Gasteiger partial charge >= 0.3 is 0 Å². The first-order valence-corrected chi connectivity index (χ1v) is 8.62. The monoisotopic (exact) mass is 333 g/mol. The van der Waals surface area contributed by atoms with Gasteiger partial charge in [0.1, 0.15) is 9.42 Å². The normalized spacial score (nSPS) is 33.1. The molecule has 88 valence electrons. The van der Waals surface area contributed by atoms with E-state index in [1.54, 1.807) is 0 Å². The average Bonchev–Trinajstić information content (AvgIpc) is 2.45. The Morgan fingerprint density at radius 3 is 2.31 bits per heavy atom. The standard InChI is InChI=1S/C9H7Cl4NS2/c10-7-9(12,13)8(11)16(15-7)14-6-4-2-1-3-5-6/h1-5,7-8H. The zero-order valence-electron chi connectivity index (χ0n) is 7.82. The van der Waals surface area contributed by atoms with E-state index in [0.29, 0.717) is 0 Å². The summed E-state index contributed by atoms with van der Waals surface area (Å²) >= 11 is 24.3. The van der Waals surface area contributed by atoms with Gasteiger partial charge in [-0.1, -0.05) is 52.2 Å². The summed E-state index contributed by atoms with van der Waals surface area (Å²) in [6.07, 6.45) is 0. The Balaban J connectivity index is 2.28. The molecule has 0 aromatic heterocycles. The Morgan fingerprint density at radius 1 is 1.19 bits per heavy atom. The smallest absolute Gasteiger partial charge is 0.171 e. The van der Waals surface area contributed by atoms with Crippen molar-refractivity contribution in [2.45, 2.75) is 13.8 Å². The van der Waals surface area contributed by atoms with Crippen molar-refractivity contribution in [3.8, 4) is 0 Å². The Labute approximate surface area is 120 Å². The summed E-state index contributed by atoms with van der Waals surface area (Å²) < 4.78 is 2.46. The van der Waals surface area contributed by atoms with E-state index in [2.05, 4.69) is 4.36 Å². The molecule has 0 spiro atoms. The van der Waals surface area contributed by atoms with Crippen LogP contribution in [-0.2, 0) is 9.72 Å². The lowest BCUT2D eigenvalue weighted by molar-refractivity contribution is 0.943. The molecule has 0 amide bonds. The summed E-state index contributed by atoms with van der Waals surface area (Å²) in [5.41, 5.74) is 0.860. The Kier molecular flexibility index (Phi) is 4.37. The number of hydrogen-bond donors (Lipinski definition) is 0. The van der Waals surface area contributed by atoms with Crippen LogP contribution in [0.15, 0.2) is 34.7 Å². The van der Waals surface area contributed by atoms with Crippen molar-refractivity contribution in [2.75, 3.05) is 0 Å². The second-order valence-corrected chi connectivity index (χ2v) is 9.41. The molecule has 0 N–H and O–H groups in total. The molecule has 1 fully saturated rings. The summed E-state index contributed by atoms with van der Waals surface area (Å²) in [4.78, 5) is 0. The summed E-state index contributed by atoms with van der Waals surface area (Å²) in [5, 5.41) is 0. The van der Waals surface area contributed by atoms with Crippen LogP contribution in [-0.4, -0.2) is 13.8 Å². The molecule has 1 aromatic carbocycles. The number of hydrogen-bond acceptors (Lipinski definition) is 2. The first-order chi connectivity index (χ1) is 7.51. The van der Waals surface area contributed by atoms with Gasteiger partial charge in [0, 0.05) is 0 Å². The minimum atomic E-state index is -1.13. The highest BCUT2D eigenvalue weighted by Crippen LogP contribution is 2.53. The first kappa shape index (κ1) is 13.3. The van der Waals surface area contributed by atoms with Gasteiger partial charge in [-0.05, 0) is 21.9 Å². The molecule has 3 atom stereocenters. The summed E-state index contributed by atoms with van der Waals surface area (Å²) in [6.45, 7) is 0. The number of nitrogens with zero attached hydrogens (tertiary/aromatic N) is 1. The average molecular weight is 335 g/mol. The third-order valence-electron chi connectivity index (χ3n) is 1.92. The summed E-state index contributed by atoms with van der Waals surface area (Å²) in [6, 6.07) is 9.57. The highest BCUT2D eigenvalue weighted by atomic mass is 35.5. The molecule has 1 nitrogen and oxygen atoms in total. The first-order valence-electron chi connectivity index (χ1n) is 4.35. The van der Waals surface area contributed by atoms with Crippen LogP contribution < -0.4 is 0 Å². The molecule has 0 aliphatic carbocycles. The van der Waals surface area contributed by atoms with E-state index in [1.807, 2.05) is 30.3 Å². The van der Waals surface area contributed by atoms with Crippen LogP contribution in [0.25, 0.3) is 0 Å². The van der Waals surface area contributed by atoms with Gasteiger partial charge in [0.15, 0.2) is 4.33 Å². The van der Waals surface area contributed by atoms with E-state index >= 15 is 0 Å². The molecule has 16 heavy (non-hydrogen) atoms. The van der Waals surface area contributed by atoms with Crippen LogP contribution in [0.3, 0.4) is 0 Å². The maximum Gasteiger partial charge on any atom is 0.171 e. The van der Waals surface area contributed by atoms with Crippen molar-refractivity contribution >= 4 is 72.6 Å². The van der Waals surface area contributed by atoms with Crippen molar-refractivity contribution in [3.05, 3.63) is 30.3 Å². The van der Waals surface area contributed by atoms with E-state index in [4.69, 9.17) is 46.4 Å². The molecule has 1 aliphatic rings. The number of halogens is 4. The van der Waals surface area contributed by atoms with E-state index in [9.17, 15) is 0 Å². The van der Waals surface area contributed by atoms with Gasteiger partial charge in [-0.15, -0.1) is 23.2 Å².